The van der Waals surface area contributed by atoms with Crippen molar-refractivity contribution in [3.63, 3.8) is 0 Å². The van der Waals surface area contributed by atoms with Crippen LogP contribution in [0.3, 0.4) is 0 Å². The van der Waals surface area contributed by atoms with Crippen molar-refractivity contribution >= 4 is 29.1 Å². The highest BCUT2D eigenvalue weighted by molar-refractivity contribution is 5.85. The minimum atomic E-state index is -0.369. The highest BCUT2D eigenvalue weighted by atomic mass is 35.5. The zero-order valence-corrected chi connectivity index (χ0v) is 14.4. The van der Waals surface area contributed by atoms with Gasteiger partial charge in [0.25, 0.3) is 0 Å². The summed E-state index contributed by atoms with van der Waals surface area (Å²) in [6.45, 7) is 2.57. The van der Waals surface area contributed by atoms with Gasteiger partial charge in [0.05, 0.1) is 5.92 Å². The molecular weight excluding hydrogens is 308 g/mol. The first-order valence-corrected chi connectivity index (χ1v) is 8.10. The Balaban J connectivity index is 0.00000192. The Morgan fingerprint density at radius 1 is 1.22 bits per heavy atom. The van der Waals surface area contributed by atoms with E-state index in [1.54, 1.807) is 0 Å². The largest absolute Gasteiger partial charge is 0.352 e. The fraction of sp³-hybridized carbons (Fsp3) is 0.421. The maximum atomic E-state index is 12.5. The van der Waals surface area contributed by atoms with Crippen LogP contribution < -0.4 is 11.1 Å². The smallest absolute Gasteiger partial charge is 0.225 e. The van der Waals surface area contributed by atoms with Crippen LogP contribution in [-0.4, -0.2) is 11.4 Å². The third kappa shape index (κ3) is 4.04. The quantitative estimate of drug-likeness (QED) is 0.898. The number of rotatable bonds is 3. The van der Waals surface area contributed by atoms with Gasteiger partial charge in [-0.05, 0) is 42.2 Å². The van der Waals surface area contributed by atoms with Gasteiger partial charge >= 0.3 is 0 Å². The van der Waals surface area contributed by atoms with Gasteiger partial charge in [0, 0.05) is 12.1 Å². The van der Waals surface area contributed by atoms with Gasteiger partial charge in [-0.1, -0.05) is 49.2 Å². The monoisotopic (exact) mass is 332 g/mol. The Hall–Kier alpha value is -1.58. The van der Waals surface area contributed by atoms with Gasteiger partial charge in [0.15, 0.2) is 0 Å². The zero-order valence-electron chi connectivity index (χ0n) is 13.5. The van der Waals surface area contributed by atoms with Gasteiger partial charge in [-0.3, -0.25) is 4.79 Å². The van der Waals surface area contributed by atoms with E-state index >= 15 is 0 Å². The van der Waals surface area contributed by atoms with Crippen LogP contribution in [0.15, 0.2) is 42.5 Å². The van der Waals surface area contributed by atoms with E-state index in [9.17, 15) is 4.79 Å². The van der Waals surface area contributed by atoms with Crippen LogP contribution in [-0.2, 0) is 11.3 Å². The summed E-state index contributed by atoms with van der Waals surface area (Å²) in [6, 6.07) is 14.6. The van der Waals surface area contributed by atoms with Crippen LogP contribution >= 0.6 is 12.4 Å². The minimum Gasteiger partial charge on any atom is -0.352 e. The van der Waals surface area contributed by atoms with E-state index in [1.165, 1.54) is 10.8 Å². The second kappa shape index (κ2) is 7.33. The summed E-state index contributed by atoms with van der Waals surface area (Å²) in [5, 5.41) is 5.50. The molecule has 124 valence electrons. The number of carbonyl (C=O) groups is 1. The molecular formula is C19H25ClN2O. The van der Waals surface area contributed by atoms with Crippen molar-refractivity contribution in [2.75, 3.05) is 0 Å². The molecule has 2 unspecified atom stereocenters. The lowest BCUT2D eigenvalue weighted by atomic mass is 9.74. The molecule has 0 spiro atoms. The summed E-state index contributed by atoms with van der Waals surface area (Å²) in [7, 11) is 0. The Labute approximate surface area is 144 Å². The molecule has 0 heterocycles. The summed E-state index contributed by atoms with van der Waals surface area (Å²) in [6.07, 6.45) is 4.06. The number of hydrogen-bond acceptors (Lipinski definition) is 2. The molecule has 2 aromatic rings. The first-order valence-electron chi connectivity index (χ1n) is 8.10. The average Bonchev–Trinajstić information content (AvgIpc) is 2.52. The average molecular weight is 333 g/mol. The number of halogens is 1. The summed E-state index contributed by atoms with van der Waals surface area (Å²) in [5.41, 5.74) is 7.06. The topological polar surface area (TPSA) is 55.1 Å². The van der Waals surface area contributed by atoms with Crippen molar-refractivity contribution in [1.29, 1.82) is 0 Å². The van der Waals surface area contributed by atoms with Gasteiger partial charge in [0.1, 0.15) is 0 Å². The number of nitrogens with two attached hydrogens (primary N) is 1. The van der Waals surface area contributed by atoms with Crippen molar-refractivity contribution in [3.8, 4) is 0 Å². The molecule has 1 saturated carbocycles. The second-order valence-electron chi connectivity index (χ2n) is 6.70. The number of benzene rings is 2. The lowest BCUT2D eigenvalue weighted by molar-refractivity contribution is -0.128. The summed E-state index contributed by atoms with van der Waals surface area (Å²) in [5.74, 6) is 0.0274. The molecule has 1 aliphatic carbocycles. The fourth-order valence-corrected chi connectivity index (χ4v) is 3.45. The van der Waals surface area contributed by atoms with Crippen molar-refractivity contribution < 1.29 is 4.79 Å². The first kappa shape index (κ1) is 17.8. The van der Waals surface area contributed by atoms with Crippen molar-refractivity contribution in [1.82, 2.24) is 5.32 Å². The number of fused-ring (bicyclic) bond motifs is 1. The van der Waals surface area contributed by atoms with Gasteiger partial charge in [-0.2, -0.15) is 0 Å². The Morgan fingerprint density at radius 2 is 1.96 bits per heavy atom. The van der Waals surface area contributed by atoms with Crippen LogP contribution in [0, 0.1) is 5.92 Å². The standard InChI is InChI=1S/C19H24N2O.ClH/c1-19(20)11-5-4-8-17(19)18(22)21-13-14-9-10-15-6-2-3-7-16(15)12-14;/h2-3,6-7,9-10,12,17H,4-5,8,11,13,20H2,1H3,(H,21,22);1H. The highest BCUT2D eigenvalue weighted by Crippen LogP contribution is 2.31. The first-order chi connectivity index (χ1) is 10.6. The van der Waals surface area contributed by atoms with Crippen LogP contribution in [0.1, 0.15) is 38.2 Å². The molecule has 2 aromatic carbocycles. The van der Waals surface area contributed by atoms with Crippen LogP contribution in [0.25, 0.3) is 10.8 Å². The van der Waals surface area contributed by atoms with Crippen LogP contribution in [0.5, 0.6) is 0 Å². The molecule has 3 rings (SSSR count). The predicted octanol–water partition coefficient (Wildman–Crippen LogP) is 3.79. The maximum Gasteiger partial charge on any atom is 0.225 e. The number of nitrogens with one attached hydrogen (secondary N) is 1. The van der Waals surface area contributed by atoms with E-state index in [4.69, 9.17) is 5.73 Å². The summed E-state index contributed by atoms with van der Waals surface area (Å²) >= 11 is 0. The lowest BCUT2D eigenvalue weighted by Gasteiger charge is -2.37. The molecule has 1 amide bonds. The molecule has 1 fully saturated rings. The van der Waals surface area contributed by atoms with Crippen LogP contribution in [0.4, 0.5) is 0 Å². The predicted molar refractivity (Wildman–Crippen MR) is 97.6 cm³/mol. The van der Waals surface area contributed by atoms with Crippen molar-refractivity contribution in [3.05, 3.63) is 48.0 Å². The van der Waals surface area contributed by atoms with Gasteiger partial charge < -0.3 is 11.1 Å². The van der Waals surface area contributed by atoms with Crippen LogP contribution in [0.2, 0.25) is 0 Å². The third-order valence-electron chi connectivity index (χ3n) is 4.85. The van der Waals surface area contributed by atoms with Gasteiger partial charge in [-0.15, -0.1) is 12.4 Å². The Bertz CT molecular complexity index is 684. The van der Waals surface area contributed by atoms with Crippen molar-refractivity contribution in [2.24, 2.45) is 11.7 Å². The molecule has 0 saturated heterocycles. The zero-order chi connectivity index (χ0) is 15.6. The summed E-state index contributed by atoms with van der Waals surface area (Å²) < 4.78 is 0. The molecule has 3 N–H and O–H groups in total. The van der Waals surface area contributed by atoms with E-state index in [2.05, 4.69) is 35.6 Å². The Morgan fingerprint density at radius 3 is 2.70 bits per heavy atom. The van der Waals surface area contributed by atoms with E-state index in [0.717, 1.165) is 31.2 Å². The highest BCUT2D eigenvalue weighted by Gasteiger charge is 2.37. The molecule has 2 atom stereocenters. The molecule has 4 heteroatoms. The van der Waals surface area contributed by atoms with Crippen molar-refractivity contribution in [2.45, 2.75) is 44.7 Å². The SMILES string of the molecule is CC1(N)CCCCC1C(=O)NCc1ccc2ccccc2c1.Cl. The van der Waals surface area contributed by atoms with Gasteiger partial charge in [0.2, 0.25) is 5.91 Å². The van der Waals surface area contributed by atoms with E-state index in [0.29, 0.717) is 6.54 Å². The number of carbonyl (C=O) groups excluding carboxylic acids is 1. The molecule has 0 bridgehead atoms. The van der Waals surface area contributed by atoms with E-state index < -0.39 is 0 Å². The molecule has 0 aromatic heterocycles. The number of hydrogen-bond donors (Lipinski definition) is 2. The molecule has 0 radical (unpaired) electrons. The van der Waals surface area contributed by atoms with Gasteiger partial charge in [-0.25, -0.2) is 0 Å². The maximum absolute atomic E-state index is 12.5. The normalized spacial score (nSPS) is 24.0. The number of amides is 1. The fourth-order valence-electron chi connectivity index (χ4n) is 3.45. The second-order valence-corrected chi connectivity index (χ2v) is 6.70. The molecule has 3 nitrogen and oxygen atoms in total. The molecule has 0 aliphatic heterocycles. The van der Waals surface area contributed by atoms with E-state index in [-0.39, 0.29) is 29.8 Å². The van der Waals surface area contributed by atoms with E-state index in [1.807, 2.05) is 19.1 Å². The summed E-state index contributed by atoms with van der Waals surface area (Å²) in [4.78, 5) is 12.5. The third-order valence-corrected chi connectivity index (χ3v) is 4.85. The molecule has 1 aliphatic rings. The lowest BCUT2D eigenvalue weighted by Crippen LogP contribution is -2.52. The minimum absolute atomic E-state index is 0. The molecule has 23 heavy (non-hydrogen) atoms. The Kier molecular flexibility index (Phi) is 5.66.